The number of hydrogen-bond acceptors (Lipinski definition) is 6. The maximum absolute atomic E-state index is 6.38. The smallest absolute Gasteiger partial charge is 0.124 e. The topological polar surface area (TPSA) is 56.6 Å². The molecule has 3 unspecified atom stereocenters. The van der Waals surface area contributed by atoms with Gasteiger partial charge in [-0.2, -0.15) is 0 Å². The second kappa shape index (κ2) is 7.17. The van der Waals surface area contributed by atoms with Crippen molar-refractivity contribution in [1.29, 1.82) is 0 Å². The second-order valence-electron chi connectivity index (χ2n) is 7.54. The fourth-order valence-electron chi connectivity index (χ4n) is 3.78. The zero-order valence-electron chi connectivity index (χ0n) is 14.3. The summed E-state index contributed by atoms with van der Waals surface area (Å²) in [4.78, 5) is 2.53. The summed E-state index contributed by atoms with van der Waals surface area (Å²) in [6.07, 6.45) is 2.34. The average molecular weight is 402 g/mol. The number of piperidine rings is 1. The van der Waals surface area contributed by atoms with Crippen molar-refractivity contribution in [3.8, 4) is 0 Å². The van der Waals surface area contributed by atoms with E-state index in [1.54, 1.807) is 0 Å². The van der Waals surface area contributed by atoms with Crippen molar-refractivity contribution in [3.05, 3.63) is 33.8 Å². The number of halogens is 2. The summed E-state index contributed by atoms with van der Waals surface area (Å²) in [6.45, 7) is 6.16. The first-order chi connectivity index (χ1) is 12.0. The molecule has 0 radical (unpaired) electrons. The zero-order chi connectivity index (χ0) is 17.6. The molecule has 0 aromatic heterocycles. The number of hydrogen-bond donors (Lipinski definition) is 3. The SMILES string of the molecule is CC1(CN)CCN(C2NN3CC(c4cccc(Cl)c4Cl)NC3S2)CC1. The molecular weight excluding hydrogens is 377 g/mol. The van der Waals surface area contributed by atoms with Gasteiger partial charge in [-0.25, -0.2) is 10.4 Å². The van der Waals surface area contributed by atoms with Gasteiger partial charge < -0.3 is 5.73 Å². The van der Waals surface area contributed by atoms with E-state index in [9.17, 15) is 0 Å². The molecule has 0 saturated carbocycles. The Balaban J connectivity index is 1.36. The van der Waals surface area contributed by atoms with E-state index in [4.69, 9.17) is 28.9 Å². The maximum Gasteiger partial charge on any atom is 0.124 e. The molecule has 0 spiro atoms. The van der Waals surface area contributed by atoms with E-state index < -0.39 is 0 Å². The van der Waals surface area contributed by atoms with Crippen LogP contribution in [0.1, 0.15) is 31.4 Å². The van der Waals surface area contributed by atoms with Crippen molar-refractivity contribution in [2.45, 2.75) is 36.8 Å². The molecule has 0 amide bonds. The Morgan fingerprint density at radius 2 is 2.04 bits per heavy atom. The molecule has 3 aliphatic heterocycles. The maximum atomic E-state index is 6.38. The number of nitrogens with one attached hydrogen (secondary N) is 2. The standard InChI is InChI=1S/C17H25Cl2N5S/c1-17(10-20)5-7-23(8-6-17)16-22-24-9-13(21-15(24)25-16)11-3-2-4-12(18)14(11)19/h2-4,13,15-16,21-22H,5-10,20H2,1H3. The molecule has 4 rings (SSSR count). The van der Waals surface area contributed by atoms with Gasteiger partial charge >= 0.3 is 0 Å². The Kier molecular flexibility index (Phi) is 5.25. The number of fused-ring (bicyclic) bond motifs is 1. The first-order valence-electron chi connectivity index (χ1n) is 8.81. The summed E-state index contributed by atoms with van der Waals surface area (Å²) in [7, 11) is 0. The Labute approximate surface area is 163 Å². The van der Waals surface area contributed by atoms with Crippen LogP contribution in [0.3, 0.4) is 0 Å². The molecule has 5 nitrogen and oxygen atoms in total. The van der Waals surface area contributed by atoms with Crippen molar-refractivity contribution in [3.63, 3.8) is 0 Å². The van der Waals surface area contributed by atoms with Gasteiger partial charge in [-0.1, -0.05) is 54.0 Å². The molecule has 3 aliphatic rings. The van der Waals surface area contributed by atoms with Gasteiger partial charge in [0, 0.05) is 25.7 Å². The number of nitrogens with zero attached hydrogens (tertiary/aromatic N) is 2. The molecule has 25 heavy (non-hydrogen) atoms. The van der Waals surface area contributed by atoms with Crippen LogP contribution in [-0.4, -0.2) is 47.1 Å². The molecule has 0 aliphatic carbocycles. The zero-order valence-corrected chi connectivity index (χ0v) is 16.7. The van der Waals surface area contributed by atoms with Gasteiger partial charge in [-0.3, -0.25) is 10.2 Å². The van der Waals surface area contributed by atoms with Crippen molar-refractivity contribution >= 4 is 35.0 Å². The van der Waals surface area contributed by atoms with Gasteiger partial charge in [0.05, 0.1) is 10.0 Å². The van der Waals surface area contributed by atoms with Gasteiger partial charge in [-0.15, -0.1) is 0 Å². The van der Waals surface area contributed by atoms with Crippen LogP contribution in [-0.2, 0) is 0 Å². The van der Waals surface area contributed by atoms with Gasteiger partial charge in [0.25, 0.3) is 0 Å². The third-order valence-electron chi connectivity index (χ3n) is 5.73. The molecule has 0 bridgehead atoms. The lowest BCUT2D eigenvalue weighted by Crippen LogP contribution is -2.51. The van der Waals surface area contributed by atoms with Crippen molar-refractivity contribution in [1.82, 2.24) is 20.7 Å². The second-order valence-corrected chi connectivity index (χ2v) is 9.49. The quantitative estimate of drug-likeness (QED) is 0.723. The molecule has 3 saturated heterocycles. The lowest BCUT2D eigenvalue weighted by molar-refractivity contribution is 0.0785. The van der Waals surface area contributed by atoms with Crippen molar-refractivity contribution < 1.29 is 0 Å². The molecule has 4 N–H and O–H groups in total. The van der Waals surface area contributed by atoms with E-state index in [1.165, 1.54) is 12.8 Å². The van der Waals surface area contributed by atoms with Crippen LogP contribution >= 0.6 is 35.0 Å². The molecule has 8 heteroatoms. The predicted octanol–water partition coefficient (Wildman–Crippen LogP) is 2.82. The van der Waals surface area contributed by atoms with E-state index in [0.717, 1.165) is 31.7 Å². The van der Waals surface area contributed by atoms with Crippen LogP contribution in [0.25, 0.3) is 0 Å². The van der Waals surface area contributed by atoms with Gasteiger partial charge in [0.1, 0.15) is 11.0 Å². The monoisotopic (exact) mass is 401 g/mol. The van der Waals surface area contributed by atoms with Crippen molar-refractivity contribution in [2.75, 3.05) is 26.2 Å². The number of hydrazine groups is 1. The number of likely N-dealkylation sites (tertiary alicyclic amines) is 1. The largest absolute Gasteiger partial charge is 0.330 e. The fraction of sp³-hybridized carbons (Fsp3) is 0.647. The van der Waals surface area contributed by atoms with E-state index in [1.807, 2.05) is 23.9 Å². The minimum Gasteiger partial charge on any atom is -0.330 e. The molecular formula is C17H25Cl2N5S. The fourth-order valence-corrected chi connectivity index (χ4v) is 5.58. The molecule has 1 aromatic rings. The van der Waals surface area contributed by atoms with Crippen LogP contribution in [0.2, 0.25) is 10.0 Å². The third kappa shape index (κ3) is 3.56. The first-order valence-corrected chi connectivity index (χ1v) is 10.5. The van der Waals surface area contributed by atoms with E-state index in [2.05, 4.69) is 33.6 Å². The Morgan fingerprint density at radius 1 is 1.28 bits per heavy atom. The van der Waals surface area contributed by atoms with Gasteiger partial charge in [0.15, 0.2) is 0 Å². The molecule has 3 heterocycles. The van der Waals surface area contributed by atoms with Gasteiger partial charge in [0.2, 0.25) is 0 Å². The van der Waals surface area contributed by atoms with Crippen LogP contribution in [0.4, 0.5) is 0 Å². The Morgan fingerprint density at radius 3 is 2.72 bits per heavy atom. The minimum absolute atomic E-state index is 0.194. The van der Waals surface area contributed by atoms with Crippen LogP contribution < -0.4 is 16.5 Å². The summed E-state index contributed by atoms with van der Waals surface area (Å²) in [5.74, 6) is 0. The van der Waals surface area contributed by atoms with Gasteiger partial charge in [-0.05, 0) is 36.4 Å². The Bertz CT molecular complexity index is 623. The highest BCUT2D eigenvalue weighted by molar-refractivity contribution is 8.00. The van der Waals surface area contributed by atoms with E-state index >= 15 is 0 Å². The molecule has 3 fully saturated rings. The molecule has 3 atom stereocenters. The lowest BCUT2D eigenvalue weighted by atomic mass is 9.81. The van der Waals surface area contributed by atoms with Crippen LogP contribution in [0.5, 0.6) is 0 Å². The van der Waals surface area contributed by atoms with Crippen molar-refractivity contribution in [2.24, 2.45) is 11.1 Å². The Hall–Kier alpha value is -0.0500. The number of benzene rings is 1. The number of nitrogens with two attached hydrogens (primary N) is 1. The van der Waals surface area contributed by atoms with E-state index in [0.29, 0.717) is 21.0 Å². The van der Waals surface area contributed by atoms with Crippen LogP contribution in [0, 0.1) is 5.41 Å². The number of thioether (sulfide) groups is 1. The summed E-state index contributed by atoms with van der Waals surface area (Å²) < 4.78 is 0. The summed E-state index contributed by atoms with van der Waals surface area (Å²) in [5, 5.41) is 7.22. The molecule has 1 aromatic carbocycles. The first kappa shape index (κ1) is 18.3. The summed E-state index contributed by atoms with van der Waals surface area (Å²) in [6, 6.07) is 6.03. The predicted molar refractivity (Wildman–Crippen MR) is 105 cm³/mol. The van der Waals surface area contributed by atoms with Crippen LogP contribution in [0.15, 0.2) is 18.2 Å². The van der Waals surface area contributed by atoms with E-state index in [-0.39, 0.29) is 11.5 Å². The highest BCUT2D eigenvalue weighted by Crippen LogP contribution is 2.40. The highest BCUT2D eigenvalue weighted by Gasteiger charge is 2.44. The highest BCUT2D eigenvalue weighted by atomic mass is 35.5. The average Bonchev–Trinajstić information content (AvgIpc) is 3.17. The summed E-state index contributed by atoms with van der Waals surface area (Å²) in [5.41, 5.74) is 11.5. The molecule has 138 valence electrons. The summed E-state index contributed by atoms with van der Waals surface area (Å²) >= 11 is 14.5. The normalized spacial score (nSPS) is 32.9. The number of rotatable bonds is 3. The third-order valence-corrected chi connectivity index (χ3v) is 7.87. The minimum atomic E-state index is 0.194. The lowest BCUT2D eigenvalue weighted by Gasteiger charge is -2.41.